The lowest BCUT2D eigenvalue weighted by molar-refractivity contribution is -0.157. The Morgan fingerprint density at radius 1 is 1.11 bits per heavy atom. The van der Waals surface area contributed by atoms with E-state index in [0.29, 0.717) is 35.9 Å². The van der Waals surface area contributed by atoms with Crippen LogP contribution in [0.1, 0.15) is 30.4 Å². The lowest BCUT2D eigenvalue weighted by Crippen LogP contribution is -2.44. The quantitative estimate of drug-likeness (QED) is 0.751. The van der Waals surface area contributed by atoms with Crippen LogP contribution >= 0.6 is 11.6 Å². The Labute approximate surface area is 167 Å². The highest BCUT2D eigenvalue weighted by Gasteiger charge is 2.47. The van der Waals surface area contributed by atoms with E-state index < -0.39 is 5.41 Å². The summed E-state index contributed by atoms with van der Waals surface area (Å²) in [7, 11) is 0. The molecule has 0 unspecified atom stereocenters. The molecule has 1 heterocycles. The number of fused-ring (bicyclic) bond motifs is 1. The maximum atomic E-state index is 12.7. The number of hydrogen-bond acceptors (Lipinski definition) is 5. The van der Waals surface area contributed by atoms with Crippen molar-refractivity contribution in [2.75, 3.05) is 13.4 Å². The number of nitrogens with one attached hydrogen (secondary N) is 1. The molecule has 0 atom stereocenters. The molecule has 0 radical (unpaired) electrons. The van der Waals surface area contributed by atoms with Crippen LogP contribution in [0.2, 0.25) is 5.02 Å². The van der Waals surface area contributed by atoms with Gasteiger partial charge in [-0.3, -0.25) is 9.59 Å². The number of halogens is 1. The minimum Gasteiger partial charge on any atom is -0.455 e. The fourth-order valence-electron chi connectivity index (χ4n) is 3.50. The van der Waals surface area contributed by atoms with Crippen LogP contribution in [-0.2, 0) is 26.3 Å². The fourth-order valence-corrected chi connectivity index (χ4v) is 3.69. The molecule has 1 aliphatic carbocycles. The van der Waals surface area contributed by atoms with Gasteiger partial charge in [-0.2, -0.15) is 0 Å². The van der Waals surface area contributed by atoms with E-state index >= 15 is 0 Å². The highest BCUT2D eigenvalue weighted by atomic mass is 35.5. The molecule has 6 nitrogen and oxygen atoms in total. The Morgan fingerprint density at radius 3 is 2.68 bits per heavy atom. The van der Waals surface area contributed by atoms with Gasteiger partial charge in [0.1, 0.15) is 0 Å². The second-order valence-electron chi connectivity index (χ2n) is 6.99. The number of benzene rings is 2. The normalized spacial score (nSPS) is 16.2. The van der Waals surface area contributed by atoms with Crippen molar-refractivity contribution < 1.29 is 23.8 Å². The summed E-state index contributed by atoms with van der Waals surface area (Å²) < 4.78 is 15.9. The number of ether oxygens (including phenoxy) is 3. The van der Waals surface area contributed by atoms with Crippen LogP contribution in [0.5, 0.6) is 11.5 Å². The first-order valence-corrected chi connectivity index (χ1v) is 9.53. The second-order valence-corrected chi connectivity index (χ2v) is 7.42. The molecule has 0 aromatic heterocycles. The fraction of sp³-hybridized carbons (Fsp3) is 0.333. The van der Waals surface area contributed by atoms with Gasteiger partial charge in [0.05, 0.1) is 5.41 Å². The highest BCUT2D eigenvalue weighted by molar-refractivity contribution is 6.30. The zero-order chi connectivity index (χ0) is 19.6. The molecule has 7 heteroatoms. The van der Waals surface area contributed by atoms with Gasteiger partial charge in [-0.1, -0.05) is 36.2 Å². The second kappa shape index (κ2) is 7.72. The van der Waals surface area contributed by atoms with E-state index in [1.807, 2.05) is 24.3 Å². The molecule has 0 saturated heterocycles. The molecule has 146 valence electrons. The van der Waals surface area contributed by atoms with E-state index in [1.165, 1.54) is 0 Å². The molecule has 1 aliphatic heterocycles. The zero-order valence-electron chi connectivity index (χ0n) is 15.2. The van der Waals surface area contributed by atoms with Crippen molar-refractivity contribution in [3.63, 3.8) is 0 Å². The van der Waals surface area contributed by atoms with E-state index in [1.54, 1.807) is 18.2 Å². The predicted molar refractivity (Wildman–Crippen MR) is 102 cm³/mol. The van der Waals surface area contributed by atoms with Crippen LogP contribution in [-0.4, -0.2) is 25.3 Å². The number of rotatable bonds is 6. The van der Waals surface area contributed by atoms with E-state index in [9.17, 15) is 9.59 Å². The lowest BCUT2D eigenvalue weighted by Gasteiger charge is -2.39. The average molecular weight is 402 g/mol. The number of esters is 1. The van der Waals surface area contributed by atoms with Crippen LogP contribution < -0.4 is 14.8 Å². The van der Waals surface area contributed by atoms with Gasteiger partial charge in [0.25, 0.3) is 5.91 Å². The maximum absolute atomic E-state index is 12.7. The molecule has 4 rings (SSSR count). The van der Waals surface area contributed by atoms with Gasteiger partial charge in [-0.15, -0.1) is 0 Å². The van der Waals surface area contributed by atoms with Gasteiger partial charge in [-0.25, -0.2) is 0 Å². The summed E-state index contributed by atoms with van der Waals surface area (Å²) in [5, 5.41) is 3.33. The summed E-state index contributed by atoms with van der Waals surface area (Å²) in [6, 6.07) is 12.7. The summed E-state index contributed by atoms with van der Waals surface area (Å²) >= 11 is 6.07. The summed E-state index contributed by atoms with van der Waals surface area (Å²) in [5.41, 5.74) is 1.03. The summed E-state index contributed by atoms with van der Waals surface area (Å²) in [6.07, 6.45) is 2.34. The topological polar surface area (TPSA) is 73.9 Å². The minimum atomic E-state index is -0.692. The third-order valence-corrected chi connectivity index (χ3v) is 5.47. The summed E-state index contributed by atoms with van der Waals surface area (Å²) in [5.74, 6) is 0.619. The van der Waals surface area contributed by atoms with Crippen molar-refractivity contribution in [3.05, 3.63) is 58.6 Å². The Hall–Kier alpha value is -2.73. The smallest absolute Gasteiger partial charge is 0.317 e. The molecule has 0 spiro atoms. The van der Waals surface area contributed by atoms with Gasteiger partial charge >= 0.3 is 5.97 Å². The Balaban J connectivity index is 1.31. The number of carbonyl (C=O) groups excluding carboxylic acids is 2. The SMILES string of the molecule is O=C(COC(=O)C1(c2cccc(Cl)c2)CCC1)NCc1ccc2c(c1)OCO2. The number of carbonyl (C=O) groups is 2. The lowest BCUT2D eigenvalue weighted by atomic mass is 9.64. The minimum absolute atomic E-state index is 0.204. The molecule has 1 amide bonds. The van der Waals surface area contributed by atoms with E-state index in [-0.39, 0.29) is 25.3 Å². The molecule has 2 aromatic carbocycles. The standard InChI is InChI=1S/C21H20ClNO5/c22-16-4-1-3-15(10-16)21(7-2-8-21)20(25)26-12-19(24)23-11-14-5-6-17-18(9-14)28-13-27-17/h1,3-6,9-10H,2,7-8,11-13H2,(H,23,24). The molecule has 1 N–H and O–H groups in total. The van der Waals surface area contributed by atoms with Crippen molar-refractivity contribution >= 4 is 23.5 Å². The first kappa shape index (κ1) is 18.6. The van der Waals surface area contributed by atoms with Crippen LogP contribution in [0.25, 0.3) is 0 Å². The Morgan fingerprint density at radius 2 is 1.93 bits per heavy atom. The number of amides is 1. The molecular weight excluding hydrogens is 382 g/mol. The summed E-state index contributed by atoms with van der Waals surface area (Å²) in [4.78, 5) is 24.8. The highest BCUT2D eigenvalue weighted by Crippen LogP contribution is 2.45. The third-order valence-electron chi connectivity index (χ3n) is 5.24. The molecule has 2 aliphatic rings. The molecule has 1 fully saturated rings. The van der Waals surface area contributed by atoms with Gasteiger partial charge < -0.3 is 19.5 Å². The van der Waals surface area contributed by atoms with E-state index in [0.717, 1.165) is 17.5 Å². The maximum Gasteiger partial charge on any atom is 0.317 e. The van der Waals surface area contributed by atoms with Crippen LogP contribution in [0.3, 0.4) is 0 Å². The predicted octanol–water partition coefficient (Wildman–Crippen LogP) is 3.35. The molecule has 1 saturated carbocycles. The van der Waals surface area contributed by atoms with E-state index in [2.05, 4.69) is 5.32 Å². The molecule has 28 heavy (non-hydrogen) atoms. The van der Waals surface area contributed by atoms with E-state index in [4.69, 9.17) is 25.8 Å². The van der Waals surface area contributed by atoms with Crippen LogP contribution in [0, 0.1) is 0 Å². The molecule has 2 aromatic rings. The van der Waals surface area contributed by atoms with Crippen LogP contribution in [0.4, 0.5) is 0 Å². The van der Waals surface area contributed by atoms with Gasteiger partial charge in [0.2, 0.25) is 6.79 Å². The van der Waals surface area contributed by atoms with Gasteiger partial charge in [0, 0.05) is 11.6 Å². The summed E-state index contributed by atoms with van der Waals surface area (Å²) in [6.45, 7) is 0.202. The monoisotopic (exact) mass is 401 g/mol. The Kier molecular flexibility index (Phi) is 5.13. The molecule has 0 bridgehead atoms. The van der Waals surface area contributed by atoms with Gasteiger partial charge in [0.15, 0.2) is 18.1 Å². The van der Waals surface area contributed by atoms with Gasteiger partial charge in [-0.05, 0) is 48.2 Å². The van der Waals surface area contributed by atoms with Crippen molar-refractivity contribution in [2.24, 2.45) is 0 Å². The zero-order valence-corrected chi connectivity index (χ0v) is 16.0. The third kappa shape index (κ3) is 3.64. The largest absolute Gasteiger partial charge is 0.455 e. The van der Waals surface area contributed by atoms with Crippen molar-refractivity contribution in [1.82, 2.24) is 5.32 Å². The molecular formula is C21H20ClNO5. The van der Waals surface area contributed by atoms with Crippen molar-refractivity contribution in [1.29, 1.82) is 0 Å². The van der Waals surface area contributed by atoms with Crippen molar-refractivity contribution in [2.45, 2.75) is 31.2 Å². The average Bonchev–Trinajstić information content (AvgIpc) is 3.12. The Bertz CT molecular complexity index is 909. The number of hydrogen-bond donors (Lipinski definition) is 1. The van der Waals surface area contributed by atoms with Crippen molar-refractivity contribution in [3.8, 4) is 11.5 Å². The first-order chi connectivity index (χ1) is 13.6. The first-order valence-electron chi connectivity index (χ1n) is 9.15. The van der Waals surface area contributed by atoms with Crippen LogP contribution in [0.15, 0.2) is 42.5 Å².